The fourth-order valence-corrected chi connectivity index (χ4v) is 1.93. The molecule has 0 fully saturated rings. The third-order valence-corrected chi connectivity index (χ3v) is 3.06. The molecule has 0 bridgehead atoms. The minimum Gasteiger partial charge on any atom is -0.383 e. The van der Waals surface area contributed by atoms with E-state index in [0.29, 0.717) is 32.1 Å². The summed E-state index contributed by atoms with van der Waals surface area (Å²) in [5.74, 6) is 0.693. The van der Waals surface area contributed by atoms with Crippen molar-refractivity contribution in [3.8, 4) is 0 Å². The zero-order chi connectivity index (χ0) is 17.6. The number of pyridine rings is 1. The van der Waals surface area contributed by atoms with Crippen molar-refractivity contribution < 1.29 is 9.53 Å². The molecule has 0 radical (unpaired) electrons. The first-order valence-corrected chi connectivity index (χ1v) is 8.32. The molecule has 0 aliphatic rings. The lowest BCUT2D eigenvalue weighted by Crippen LogP contribution is -2.42. The topological polar surface area (TPSA) is 87.6 Å². The van der Waals surface area contributed by atoms with Gasteiger partial charge in [0.2, 0.25) is 5.91 Å². The number of aromatic nitrogens is 1. The largest absolute Gasteiger partial charge is 0.383 e. The molecule has 1 aromatic heterocycles. The Kier molecular flexibility index (Phi) is 10.2. The highest BCUT2D eigenvalue weighted by atomic mass is 16.5. The highest BCUT2D eigenvalue weighted by Crippen LogP contribution is 1.93. The second-order valence-corrected chi connectivity index (χ2v) is 5.62. The van der Waals surface area contributed by atoms with Crippen molar-refractivity contribution in [3.05, 3.63) is 30.1 Å². The number of carbonyl (C=O) groups excluding carboxylic acids is 1. The van der Waals surface area contributed by atoms with Gasteiger partial charge in [-0.15, -0.1) is 0 Å². The number of nitrogens with zero attached hydrogens (tertiary/aromatic N) is 2. The van der Waals surface area contributed by atoms with Crippen molar-refractivity contribution in [3.63, 3.8) is 0 Å². The Bertz CT molecular complexity index is 491. The zero-order valence-corrected chi connectivity index (χ0v) is 14.8. The highest BCUT2D eigenvalue weighted by molar-refractivity contribution is 5.81. The third kappa shape index (κ3) is 9.78. The number of ether oxygens (including phenoxy) is 1. The van der Waals surface area contributed by atoms with Gasteiger partial charge in [-0.3, -0.25) is 14.8 Å². The predicted octanol–water partition coefficient (Wildman–Crippen LogP) is 0.720. The molecule has 1 aromatic rings. The molecule has 0 aliphatic carbocycles. The molecule has 0 aromatic carbocycles. The number of aliphatic imine (C=N–C) groups is 1. The van der Waals surface area contributed by atoms with E-state index < -0.39 is 0 Å². The minimum absolute atomic E-state index is 0.0202. The molecule has 0 aliphatic heterocycles. The fourth-order valence-electron chi connectivity index (χ4n) is 1.93. The lowest BCUT2D eigenvalue weighted by atomic mass is 10.3. The smallest absolute Gasteiger partial charge is 0.221 e. The van der Waals surface area contributed by atoms with Crippen LogP contribution in [-0.4, -0.2) is 56.2 Å². The molecule has 7 heteroatoms. The van der Waals surface area contributed by atoms with E-state index in [1.807, 2.05) is 32.0 Å². The van der Waals surface area contributed by atoms with E-state index in [2.05, 4.69) is 25.9 Å². The van der Waals surface area contributed by atoms with Gasteiger partial charge in [0.05, 0.1) is 13.2 Å². The monoisotopic (exact) mass is 335 g/mol. The maximum Gasteiger partial charge on any atom is 0.221 e. The van der Waals surface area contributed by atoms with Crippen molar-refractivity contribution in [2.24, 2.45) is 4.99 Å². The van der Waals surface area contributed by atoms with Gasteiger partial charge < -0.3 is 20.7 Å². The van der Waals surface area contributed by atoms with Gasteiger partial charge in [0.25, 0.3) is 0 Å². The van der Waals surface area contributed by atoms with E-state index in [1.165, 1.54) is 0 Å². The standard InChI is InChI=1S/C17H29N5O2/c1-14(2)22-17(20-10-7-15-6-4-5-9-18-15)21-11-8-16(23)19-12-13-24-3/h4-6,9,14H,7-8,10-13H2,1-3H3,(H,19,23)(H2,20,21,22). The summed E-state index contributed by atoms with van der Waals surface area (Å²) in [6, 6.07) is 6.15. The summed E-state index contributed by atoms with van der Waals surface area (Å²) in [4.78, 5) is 20.4. The van der Waals surface area contributed by atoms with Gasteiger partial charge in [0.15, 0.2) is 5.96 Å². The van der Waals surface area contributed by atoms with Gasteiger partial charge in [-0.2, -0.15) is 0 Å². The normalized spacial score (nSPS) is 11.4. The average molecular weight is 335 g/mol. The quantitative estimate of drug-likeness (QED) is 0.333. The van der Waals surface area contributed by atoms with E-state index in [9.17, 15) is 4.79 Å². The van der Waals surface area contributed by atoms with Crippen LogP contribution in [0, 0.1) is 0 Å². The maximum absolute atomic E-state index is 11.6. The molecule has 7 nitrogen and oxygen atoms in total. The number of guanidine groups is 1. The van der Waals surface area contributed by atoms with Crippen LogP contribution in [0.15, 0.2) is 29.4 Å². The van der Waals surface area contributed by atoms with E-state index in [1.54, 1.807) is 13.3 Å². The summed E-state index contributed by atoms with van der Waals surface area (Å²) in [5.41, 5.74) is 1.03. The zero-order valence-electron chi connectivity index (χ0n) is 14.8. The van der Waals surface area contributed by atoms with Crippen LogP contribution in [-0.2, 0) is 16.0 Å². The highest BCUT2D eigenvalue weighted by Gasteiger charge is 2.03. The number of amides is 1. The predicted molar refractivity (Wildman–Crippen MR) is 96.0 cm³/mol. The van der Waals surface area contributed by atoms with Crippen LogP contribution in [0.5, 0.6) is 0 Å². The fraction of sp³-hybridized carbons (Fsp3) is 0.588. The Morgan fingerprint density at radius 1 is 1.29 bits per heavy atom. The SMILES string of the molecule is COCCNC(=O)CCN=C(NCCc1ccccn1)NC(C)C. The Morgan fingerprint density at radius 3 is 2.79 bits per heavy atom. The molecule has 0 unspecified atom stereocenters. The molecule has 3 N–H and O–H groups in total. The van der Waals surface area contributed by atoms with Crippen molar-refractivity contribution >= 4 is 11.9 Å². The molecule has 0 saturated heterocycles. The van der Waals surface area contributed by atoms with E-state index in [4.69, 9.17) is 4.74 Å². The number of nitrogens with one attached hydrogen (secondary N) is 3. The molecule has 1 rings (SSSR count). The van der Waals surface area contributed by atoms with E-state index in [-0.39, 0.29) is 11.9 Å². The molecular weight excluding hydrogens is 306 g/mol. The van der Waals surface area contributed by atoms with Crippen LogP contribution in [0.25, 0.3) is 0 Å². The van der Waals surface area contributed by atoms with Crippen molar-refractivity contribution in [1.29, 1.82) is 0 Å². The van der Waals surface area contributed by atoms with Crippen molar-refractivity contribution in [1.82, 2.24) is 20.9 Å². The summed E-state index contributed by atoms with van der Waals surface area (Å²) in [5, 5.41) is 9.31. The number of rotatable bonds is 10. The van der Waals surface area contributed by atoms with E-state index in [0.717, 1.165) is 18.7 Å². The number of methoxy groups -OCH3 is 1. The van der Waals surface area contributed by atoms with Gasteiger partial charge in [-0.1, -0.05) is 6.07 Å². The first kappa shape index (κ1) is 19.9. The Hall–Kier alpha value is -2.15. The van der Waals surface area contributed by atoms with Gasteiger partial charge in [-0.05, 0) is 26.0 Å². The van der Waals surface area contributed by atoms with Crippen LogP contribution in [0.4, 0.5) is 0 Å². The second-order valence-electron chi connectivity index (χ2n) is 5.62. The molecule has 1 amide bonds. The maximum atomic E-state index is 11.6. The van der Waals surface area contributed by atoms with E-state index >= 15 is 0 Å². The Labute approximate surface area is 144 Å². The molecule has 24 heavy (non-hydrogen) atoms. The summed E-state index contributed by atoms with van der Waals surface area (Å²) < 4.78 is 4.89. The number of carbonyl (C=O) groups is 1. The summed E-state index contributed by atoms with van der Waals surface area (Å²) in [7, 11) is 1.61. The van der Waals surface area contributed by atoms with Crippen molar-refractivity contribution in [2.75, 3.05) is 33.4 Å². The Morgan fingerprint density at radius 2 is 2.12 bits per heavy atom. The lowest BCUT2D eigenvalue weighted by molar-refractivity contribution is -0.121. The molecule has 0 spiro atoms. The summed E-state index contributed by atoms with van der Waals surface area (Å²) >= 11 is 0. The number of hydrogen-bond donors (Lipinski definition) is 3. The summed E-state index contributed by atoms with van der Waals surface area (Å²) in [6.07, 6.45) is 2.96. The van der Waals surface area contributed by atoms with Gasteiger partial charge >= 0.3 is 0 Å². The molecule has 134 valence electrons. The Balaban J connectivity index is 2.35. The van der Waals surface area contributed by atoms with Crippen LogP contribution >= 0.6 is 0 Å². The second kappa shape index (κ2) is 12.3. The first-order valence-electron chi connectivity index (χ1n) is 8.32. The van der Waals surface area contributed by atoms with Crippen LogP contribution in [0.1, 0.15) is 26.0 Å². The molecular formula is C17H29N5O2. The van der Waals surface area contributed by atoms with Gasteiger partial charge in [0, 0.05) is 51.0 Å². The van der Waals surface area contributed by atoms with Crippen LogP contribution < -0.4 is 16.0 Å². The lowest BCUT2D eigenvalue weighted by Gasteiger charge is -2.15. The third-order valence-electron chi connectivity index (χ3n) is 3.06. The van der Waals surface area contributed by atoms with Gasteiger partial charge in [-0.25, -0.2) is 0 Å². The molecule has 0 saturated carbocycles. The summed E-state index contributed by atoms with van der Waals surface area (Å²) in [6.45, 7) is 6.31. The van der Waals surface area contributed by atoms with Crippen LogP contribution in [0.2, 0.25) is 0 Å². The molecule has 0 atom stereocenters. The van der Waals surface area contributed by atoms with Gasteiger partial charge in [0.1, 0.15) is 0 Å². The first-order chi connectivity index (χ1) is 11.6. The number of hydrogen-bond acceptors (Lipinski definition) is 4. The average Bonchev–Trinajstić information content (AvgIpc) is 2.55. The van der Waals surface area contributed by atoms with Crippen LogP contribution in [0.3, 0.4) is 0 Å². The molecule has 1 heterocycles. The van der Waals surface area contributed by atoms with Crippen molar-refractivity contribution in [2.45, 2.75) is 32.7 Å². The minimum atomic E-state index is -0.0202.